The van der Waals surface area contributed by atoms with Gasteiger partial charge in [-0.2, -0.15) is 0 Å². The minimum Gasteiger partial charge on any atom is -0.490 e. The fraction of sp³-hybridized carbons (Fsp3) is 0.143. The van der Waals surface area contributed by atoms with Crippen molar-refractivity contribution in [3.8, 4) is 5.75 Å². The Kier molecular flexibility index (Phi) is 3.51. The van der Waals surface area contributed by atoms with Crippen LogP contribution in [-0.2, 0) is 0 Å². The molecule has 1 aromatic heterocycles. The number of fused-ring (bicyclic) bond motifs is 1. The number of nitrogens with zero attached hydrogens (tertiary/aromatic N) is 2. The van der Waals surface area contributed by atoms with Crippen LogP contribution in [0.15, 0.2) is 36.7 Å². The Morgan fingerprint density at radius 1 is 1.30 bits per heavy atom. The van der Waals surface area contributed by atoms with Crippen molar-refractivity contribution in [2.75, 3.05) is 18.1 Å². The third-order valence-electron chi connectivity index (χ3n) is 3.03. The molecule has 1 aromatic carbocycles. The number of hydrogen-bond acceptors (Lipinski definition) is 3. The van der Waals surface area contributed by atoms with Crippen LogP contribution in [0.4, 0.5) is 5.69 Å². The highest BCUT2D eigenvalue weighted by atomic mass is 35.5. The van der Waals surface area contributed by atoms with Gasteiger partial charge in [0.15, 0.2) is 0 Å². The highest BCUT2D eigenvalue weighted by molar-refractivity contribution is 6.34. The third kappa shape index (κ3) is 2.32. The fourth-order valence-electron chi connectivity index (χ4n) is 2.10. The molecule has 0 atom stereocenters. The quantitative estimate of drug-likeness (QED) is 0.810. The Labute approximate surface area is 125 Å². The highest BCUT2D eigenvalue weighted by Crippen LogP contribution is 2.35. The number of carbonyl (C=O) groups excluding carboxylic acids is 1. The lowest BCUT2D eigenvalue weighted by molar-refractivity contribution is 0.0976. The minimum absolute atomic E-state index is 0.191. The summed E-state index contributed by atoms with van der Waals surface area (Å²) in [7, 11) is 0. The number of benzene rings is 1. The third-order valence-corrected chi connectivity index (χ3v) is 3.57. The van der Waals surface area contributed by atoms with Gasteiger partial charge >= 0.3 is 0 Å². The molecule has 0 bridgehead atoms. The van der Waals surface area contributed by atoms with Crippen molar-refractivity contribution in [3.63, 3.8) is 0 Å². The molecule has 0 unspecified atom stereocenters. The summed E-state index contributed by atoms with van der Waals surface area (Å²) in [6.45, 7) is 0.883. The van der Waals surface area contributed by atoms with E-state index in [4.69, 9.17) is 27.9 Å². The zero-order valence-corrected chi connectivity index (χ0v) is 11.9. The summed E-state index contributed by atoms with van der Waals surface area (Å²) < 4.78 is 5.53. The Morgan fingerprint density at radius 3 is 2.95 bits per heavy atom. The van der Waals surface area contributed by atoms with Gasteiger partial charge in [0.1, 0.15) is 12.4 Å². The Hall–Kier alpha value is -1.78. The van der Waals surface area contributed by atoms with E-state index in [1.807, 2.05) is 0 Å². The number of aromatic nitrogens is 1. The lowest BCUT2D eigenvalue weighted by atomic mass is 10.2. The standard InChI is InChI=1S/C14H10Cl2N2O2/c15-9-1-2-13-12(7-9)18(5-6-20-13)14(19)10-3-4-17-8-11(10)16/h1-4,7-8H,5-6H2. The van der Waals surface area contributed by atoms with Crippen LogP contribution >= 0.6 is 23.2 Å². The summed E-state index contributed by atoms with van der Waals surface area (Å²) in [5, 5.41) is 0.875. The number of carbonyl (C=O) groups is 1. The topological polar surface area (TPSA) is 42.4 Å². The van der Waals surface area contributed by atoms with Crippen LogP contribution in [0.5, 0.6) is 5.75 Å². The molecule has 1 aliphatic heterocycles. The summed E-state index contributed by atoms with van der Waals surface area (Å²) >= 11 is 12.0. The van der Waals surface area contributed by atoms with Crippen molar-refractivity contribution in [2.24, 2.45) is 0 Å². The Balaban J connectivity index is 2.03. The lowest BCUT2D eigenvalue weighted by Gasteiger charge is -2.29. The van der Waals surface area contributed by atoms with Crippen LogP contribution in [0.3, 0.4) is 0 Å². The number of pyridine rings is 1. The van der Waals surface area contributed by atoms with E-state index < -0.39 is 0 Å². The molecule has 0 saturated carbocycles. The second-order valence-electron chi connectivity index (χ2n) is 4.27. The molecule has 6 heteroatoms. The van der Waals surface area contributed by atoms with Crippen LogP contribution < -0.4 is 9.64 Å². The van der Waals surface area contributed by atoms with E-state index in [2.05, 4.69) is 4.98 Å². The summed E-state index contributed by atoms with van der Waals surface area (Å²) in [5.74, 6) is 0.448. The predicted molar refractivity (Wildman–Crippen MR) is 77.9 cm³/mol. The van der Waals surface area contributed by atoms with E-state index in [9.17, 15) is 4.79 Å². The molecule has 0 spiro atoms. The van der Waals surface area contributed by atoms with E-state index in [0.29, 0.717) is 40.2 Å². The van der Waals surface area contributed by atoms with Gasteiger partial charge in [-0.1, -0.05) is 23.2 Å². The van der Waals surface area contributed by atoms with E-state index in [-0.39, 0.29) is 5.91 Å². The summed E-state index contributed by atoms with van der Waals surface area (Å²) in [4.78, 5) is 18.1. The van der Waals surface area contributed by atoms with Gasteiger partial charge in [0.2, 0.25) is 0 Å². The second-order valence-corrected chi connectivity index (χ2v) is 5.12. The number of ether oxygens (including phenoxy) is 1. The first kappa shape index (κ1) is 13.2. The number of amides is 1. The molecule has 0 fully saturated rings. The zero-order valence-electron chi connectivity index (χ0n) is 10.3. The van der Waals surface area contributed by atoms with Crippen LogP contribution in [-0.4, -0.2) is 24.0 Å². The maximum atomic E-state index is 12.6. The van der Waals surface area contributed by atoms with Crippen molar-refractivity contribution >= 4 is 34.8 Å². The van der Waals surface area contributed by atoms with Crippen molar-refractivity contribution in [1.82, 2.24) is 4.98 Å². The minimum atomic E-state index is -0.191. The molecule has 0 saturated heterocycles. The average Bonchev–Trinajstić information content (AvgIpc) is 2.46. The van der Waals surface area contributed by atoms with Crippen LogP contribution in [0, 0.1) is 0 Å². The van der Waals surface area contributed by atoms with Gasteiger partial charge in [0.05, 0.1) is 22.8 Å². The van der Waals surface area contributed by atoms with Gasteiger partial charge in [0, 0.05) is 17.4 Å². The molecule has 3 rings (SSSR count). The zero-order chi connectivity index (χ0) is 14.1. The van der Waals surface area contributed by atoms with Gasteiger partial charge in [-0.15, -0.1) is 0 Å². The van der Waals surface area contributed by atoms with Gasteiger partial charge in [-0.05, 0) is 24.3 Å². The fourth-order valence-corrected chi connectivity index (χ4v) is 2.46. The summed E-state index contributed by atoms with van der Waals surface area (Å²) in [6, 6.07) is 6.80. The molecule has 20 heavy (non-hydrogen) atoms. The van der Waals surface area contributed by atoms with E-state index in [0.717, 1.165) is 0 Å². The normalized spacial score (nSPS) is 13.6. The smallest absolute Gasteiger partial charge is 0.260 e. The number of hydrogen-bond donors (Lipinski definition) is 0. The van der Waals surface area contributed by atoms with Crippen molar-refractivity contribution in [2.45, 2.75) is 0 Å². The average molecular weight is 309 g/mol. The maximum Gasteiger partial charge on any atom is 0.260 e. The number of rotatable bonds is 1. The van der Waals surface area contributed by atoms with Gasteiger partial charge in [-0.25, -0.2) is 0 Å². The number of anilines is 1. The first-order valence-corrected chi connectivity index (χ1v) is 6.76. The second kappa shape index (κ2) is 5.31. The lowest BCUT2D eigenvalue weighted by Crippen LogP contribution is -2.38. The van der Waals surface area contributed by atoms with Gasteiger partial charge in [-0.3, -0.25) is 9.78 Å². The van der Waals surface area contributed by atoms with Crippen LogP contribution in [0.25, 0.3) is 0 Å². The Morgan fingerprint density at radius 2 is 2.15 bits per heavy atom. The van der Waals surface area contributed by atoms with Crippen LogP contribution in [0.1, 0.15) is 10.4 Å². The molecular formula is C14H10Cl2N2O2. The molecule has 0 aliphatic carbocycles. The SMILES string of the molecule is O=C(c1ccncc1Cl)N1CCOc2ccc(Cl)cc21. The molecule has 1 aliphatic rings. The highest BCUT2D eigenvalue weighted by Gasteiger charge is 2.26. The largest absolute Gasteiger partial charge is 0.490 e. The van der Waals surface area contributed by atoms with Crippen molar-refractivity contribution in [3.05, 3.63) is 52.3 Å². The van der Waals surface area contributed by atoms with Crippen LogP contribution in [0.2, 0.25) is 10.0 Å². The predicted octanol–water partition coefficient (Wildman–Crippen LogP) is 3.43. The molecule has 1 amide bonds. The van der Waals surface area contributed by atoms with Crippen molar-refractivity contribution < 1.29 is 9.53 Å². The summed E-state index contributed by atoms with van der Waals surface area (Å²) in [6.07, 6.45) is 2.99. The first-order chi connectivity index (χ1) is 9.66. The number of halogens is 2. The molecule has 2 heterocycles. The van der Waals surface area contributed by atoms with Crippen molar-refractivity contribution in [1.29, 1.82) is 0 Å². The van der Waals surface area contributed by atoms with E-state index in [1.54, 1.807) is 35.4 Å². The van der Waals surface area contributed by atoms with Gasteiger partial charge in [0.25, 0.3) is 5.91 Å². The maximum absolute atomic E-state index is 12.6. The van der Waals surface area contributed by atoms with Gasteiger partial charge < -0.3 is 9.64 Å². The molecule has 0 N–H and O–H groups in total. The Bertz CT molecular complexity index is 676. The molecule has 4 nitrogen and oxygen atoms in total. The monoisotopic (exact) mass is 308 g/mol. The molecule has 0 radical (unpaired) electrons. The molecular weight excluding hydrogens is 299 g/mol. The van der Waals surface area contributed by atoms with E-state index >= 15 is 0 Å². The van der Waals surface area contributed by atoms with E-state index in [1.165, 1.54) is 6.20 Å². The summed E-state index contributed by atoms with van der Waals surface area (Å²) in [5.41, 5.74) is 1.07. The molecule has 102 valence electrons. The molecule has 2 aromatic rings. The first-order valence-electron chi connectivity index (χ1n) is 6.00.